The molecule has 0 nitrogen and oxygen atoms in total. The van der Waals surface area contributed by atoms with Crippen LogP contribution in [0.25, 0.3) is 0 Å². The highest BCUT2D eigenvalue weighted by Gasteiger charge is 2.17. The van der Waals surface area contributed by atoms with E-state index in [4.69, 9.17) is 0 Å². The van der Waals surface area contributed by atoms with Crippen LogP contribution in [0.1, 0.15) is 185 Å². The van der Waals surface area contributed by atoms with Crippen molar-refractivity contribution < 1.29 is 0 Å². The Morgan fingerprint density at radius 1 is 0.471 bits per heavy atom. The third-order valence-corrected chi connectivity index (χ3v) is 7.89. The van der Waals surface area contributed by atoms with E-state index in [9.17, 15) is 0 Å². The first kappa shape index (κ1) is 31.3. The van der Waals surface area contributed by atoms with Crippen LogP contribution >= 0.6 is 0 Å². The molecular formula is C34H62. The molecule has 1 rings (SSSR count). The molecule has 0 aliphatic heterocycles. The molecule has 0 saturated carbocycles. The van der Waals surface area contributed by atoms with Gasteiger partial charge >= 0.3 is 0 Å². The molecule has 34 heavy (non-hydrogen) atoms. The maximum absolute atomic E-state index is 2.51. The molecule has 1 atom stereocenters. The van der Waals surface area contributed by atoms with Crippen LogP contribution in [-0.2, 0) is 12.8 Å². The first-order chi connectivity index (χ1) is 16.8. The lowest BCUT2D eigenvalue weighted by Gasteiger charge is -2.23. The summed E-state index contributed by atoms with van der Waals surface area (Å²) in [4.78, 5) is 0. The Morgan fingerprint density at radius 3 is 1.47 bits per heavy atom. The van der Waals surface area contributed by atoms with Crippen LogP contribution in [0, 0.1) is 0 Å². The summed E-state index contributed by atoms with van der Waals surface area (Å²) in [6.07, 6.45) is 32.2. The third-order valence-electron chi connectivity index (χ3n) is 7.89. The second-order valence-electron chi connectivity index (χ2n) is 11.1. The minimum Gasteiger partial charge on any atom is -0.0654 e. The fourth-order valence-corrected chi connectivity index (χ4v) is 5.62. The molecule has 1 aromatic carbocycles. The van der Waals surface area contributed by atoms with E-state index in [0.29, 0.717) is 0 Å². The van der Waals surface area contributed by atoms with Gasteiger partial charge in [-0.05, 0) is 61.1 Å². The molecule has 0 amide bonds. The molecule has 0 aliphatic rings. The molecule has 0 radical (unpaired) electrons. The quantitative estimate of drug-likeness (QED) is 0.132. The molecule has 0 aliphatic carbocycles. The first-order valence-electron chi connectivity index (χ1n) is 15.9. The van der Waals surface area contributed by atoms with Crippen molar-refractivity contribution in [1.29, 1.82) is 0 Å². The van der Waals surface area contributed by atoms with Crippen molar-refractivity contribution in [2.24, 2.45) is 0 Å². The Balaban J connectivity index is 2.53. The Labute approximate surface area is 216 Å². The fourth-order valence-electron chi connectivity index (χ4n) is 5.62. The molecule has 0 bridgehead atoms. The Bertz CT molecular complexity index is 557. The van der Waals surface area contributed by atoms with Crippen molar-refractivity contribution in [3.63, 3.8) is 0 Å². The molecule has 0 spiro atoms. The van der Waals surface area contributed by atoms with Crippen LogP contribution in [0.5, 0.6) is 0 Å². The predicted molar refractivity (Wildman–Crippen MR) is 156 cm³/mol. The number of hydrogen-bond donors (Lipinski definition) is 0. The van der Waals surface area contributed by atoms with E-state index in [1.54, 1.807) is 16.7 Å². The number of rotatable bonds is 24. The van der Waals surface area contributed by atoms with Gasteiger partial charge < -0.3 is 0 Å². The van der Waals surface area contributed by atoms with Crippen LogP contribution in [0.3, 0.4) is 0 Å². The van der Waals surface area contributed by atoms with E-state index in [-0.39, 0.29) is 0 Å². The summed E-state index contributed by atoms with van der Waals surface area (Å²) < 4.78 is 0. The maximum Gasteiger partial charge on any atom is -0.0159 e. The topological polar surface area (TPSA) is 0 Å². The van der Waals surface area contributed by atoms with Gasteiger partial charge in [-0.15, -0.1) is 0 Å². The van der Waals surface area contributed by atoms with E-state index in [1.807, 2.05) is 0 Å². The van der Waals surface area contributed by atoms with Crippen molar-refractivity contribution in [3.05, 3.63) is 34.9 Å². The Morgan fingerprint density at radius 2 is 0.912 bits per heavy atom. The number of benzene rings is 1. The molecule has 0 aromatic heterocycles. The third kappa shape index (κ3) is 14.6. The molecule has 1 unspecified atom stereocenters. The lowest BCUT2D eigenvalue weighted by molar-refractivity contribution is 0.487. The first-order valence-corrected chi connectivity index (χ1v) is 15.9. The monoisotopic (exact) mass is 470 g/mol. The lowest BCUT2D eigenvalue weighted by atomic mass is 9.82. The van der Waals surface area contributed by atoms with Crippen LogP contribution in [0.2, 0.25) is 0 Å². The zero-order chi connectivity index (χ0) is 24.7. The van der Waals surface area contributed by atoms with Crippen molar-refractivity contribution in [1.82, 2.24) is 0 Å². The summed E-state index contributed by atoms with van der Waals surface area (Å²) in [6.45, 7) is 9.33. The summed E-state index contributed by atoms with van der Waals surface area (Å²) in [5.74, 6) is 0.795. The summed E-state index contributed by atoms with van der Waals surface area (Å²) in [5.41, 5.74) is 5.16. The van der Waals surface area contributed by atoms with Crippen LogP contribution in [0.15, 0.2) is 18.2 Å². The van der Waals surface area contributed by atoms with Gasteiger partial charge in [0.25, 0.3) is 0 Å². The van der Waals surface area contributed by atoms with E-state index in [0.717, 1.165) is 5.92 Å². The highest BCUT2D eigenvalue weighted by molar-refractivity contribution is 5.38. The van der Waals surface area contributed by atoms with Gasteiger partial charge in [0, 0.05) is 0 Å². The highest BCUT2D eigenvalue weighted by Crippen LogP contribution is 2.33. The average molecular weight is 471 g/mol. The second-order valence-corrected chi connectivity index (χ2v) is 11.1. The molecule has 0 heterocycles. The zero-order valence-electron chi connectivity index (χ0n) is 24.1. The molecule has 198 valence electrons. The van der Waals surface area contributed by atoms with Gasteiger partial charge in [-0.1, -0.05) is 155 Å². The molecule has 1 aromatic rings. The van der Waals surface area contributed by atoms with Gasteiger partial charge in [0.15, 0.2) is 0 Å². The number of aryl methyl sites for hydroxylation is 1. The van der Waals surface area contributed by atoms with Gasteiger partial charge in [-0.2, -0.15) is 0 Å². The summed E-state index contributed by atoms with van der Waals surface area (Å²) >= 11 is 0. The standard InChI is InChI=1S/C34H62/c1-5-9-13-14-15-16-17-18-19-20-21-23-27-32(26-22-10-6-2)34-30-24-28-31(25-11-7-3)33(34)29-12-8-4/h24,28,30,32H,5-23,25-27,29H2,1-4H3. The van der Waals surface area contributed by atoms with Crippen molar-refractivity contribution in [2.45, 2.75) is 181 Å². The van der Waals surface area contributed by atoms with E-state index < -0.39 is 0 Å². The summed E-state index contributed by atoms with van der Waals surface area (Å²) in [5, 5.41) is 0. The van der Waals surface area contributed by atoms with Crippen molar-refractivity contribution in [3.8, 4) is 0 Å². The van der Waals surface area contributed by atoms with Crippen molar-refractivity contribution >= 4 is 0 Å². The minimum absolute atomic E-state index is 0.795. The van der Waals surface area contributed by atoms with E-state index >= 15 is 0 Å². The Hall–Kier alpha value is -0.780. The SMILES string of the molecule is CCCCCCCCCCCCCCC(CCCCC)c1cccc(CCCC)c1CCCC. The number of hydrogen-bond acceptors (Lipinski definition) is 0. The van der Waals surface area contributed by atoms with Crippen LogP contribution in [-0.4, -0.2) is 0 Å². The predicted octanol–water partition coefficient (Wildman–Crippen LogP) is 12.1. The molecule has 0 saturated heterocycles. The summed E-state index contributed by atoms with van der Waals surface area (Å²) in [7, 11) is 0. The molecule has 0 heteroatoms. The fraction of sp³-hybridized carbons (Fsp3) is 0.824. The molecule has 0 fully saturated rings. The zero-order valence-corrected chi connectivity index (χ0v) is 24.1. The number of unbranched alkanes of at least 4 members (excludes halogenated alkanes) is 15. The minimum atomic E-state index is 0.795. The van der Waals surface area contributed by atoms with Crippen LogP contribution in [0.4, 0.5) is 0 Å². The maximum atomic E-state index is 2.51. The van der Waals surface area contributed by atoms with E-state index in [1.165, 1.54) is 148 Å². The van der Waals surface area contributed by atoms with E-state index in [2.05, 4.69) is 45.9 Å². The average Bonchev–Trinajstić information content (AvgIpc) is 2.86. The largest absolute Gasteiger partial charge is 0.0654 e. The normalized spacial score (nSPS) is 12.4. The van der Waals surface area contributed by atoms with Gasteiger partial charge in [-0.25, -0.2) is 0 Å². The molecular weight excluding hydrogens is 408 g/mol. The van der Waals surface area contributed by atoms with Gasteiger partial charge in [-0.3, -0.25) is 0 Å². The van der Waals surface area contributed by atoms with Crippen LogP contribution < -0.4 is 0 Å². The lowest BCUT2D eigenvalue weighted by Crippen LogP contribution is -2.07. The van der Waals surface area contributed by atoms with Crippen molar-refractivity contribution in [2.75, 3.05) is 0 Å². The summed E-state index contributed by atoms with van der Waals surface area (Å²) in [6, 6.07) is 7.33. The van der Waals surface area contributed by atoms with Gasteiger partial charge in [0.2, 0.25) is 0 Å². The smallest absolute Gasteiger partial charge is 0.0159 e. The molecule has 0 N–H and O–H groups in total. The van der Waals surface area contributed by atoms with Gasteiger partial charge in [0.1, 0.15) is 0 Å². The highest BCUT2D eigenvalue weighted by atomic mass is 14.2. The second kappa shape index (κ2) is 22.7. The Kier molecular flexibility index (Phi) is 20.8. The van der Waals surface area contributed by atoms with Gasteiger partial charge in [0.05, 0.1) is 0 Å².